The number of benzene rings is 1. The highest BCUT2D eigenvalue weighted by atomic mass is 32.2. The number of nitrogens with zero attached hydrogens (tertiary/aromatic N) is 1. The van der Waals surface area contributed by atoms with Crippen LogP contribution in [0.4, 0.5) is 13.2 Å². The first-order valence-corrected chi connectivity index (χ1v) is 10.3. The summed E-state index contributed by atoms with van der Waals surface area (Å²) in [6.07, 6.45) is 2.46. The van der Waals surface area contributed by atoms with Gasteiger partial charge in [-0.3, -0.25) is 9.35 Å². The smallest absolute Gasteiger partial charge is 0.274 e. The fourth-order valence-corrected chi connectivity index (χ4v) is 4.81. The normalized spacial score (nSPS) is 26.3. The Balaban J connectivity index is 1.67. The van der Waals surface area contributed by atoms with Gasteiger partial charge in [-0.1, -0.05) is 0 Å². The molecule has 2 fully saturated rings. The van der Waals surface area contributed by atoms with Crippen molar-refractivity contribution in [3.63, 3.8) is 0 Å². The summed E-state index contributed by atoms with van der Waals surface area (Å²) in [7, 11) is -4.40. The second-order valence-corrected chi connectivity index (χ2v) is 8.82. The van der Waals surface area contributed by atoms with Crippen LogP contribution in [0.2, 0.25) is 0 Å². The van der Waals surface area contributed by atoms with Gasteiger partial charge in [-0.05, 0) is 49.7 Å². The average molecular weight is 406 g/mol. The highest BCUT2D eigenvalue weighted by Gasteiger charge is 2.45. The molecule has 1 unspecified atom stereocenters. The third-order valence-electron chi connectivity index (χ3n) is 5.51. The molecule has 2 saturated heterocycles. The Morgan fingerprint density at radius 3 is 2.26 bits per heavy atom. The van der Waals surface area contributed by atoms with Crippen molar-refractivity contribution >= 4 is 16.0 Å². The molecule has 2 aliphatic rings. The molecule has 3 rings (SSSR count). The first kappa shape index (κ1) is 20.1. The van der Waals surface area contributed by atoms with Crippen LogP contribution >= 0.6 is 0 Å². The zero-order valence-corrected chi connectivity index (χ0v) is 15.3. The third kappa shape index (κ3) is 4.44. The number of rotatable bonds is 5. The Labute approximate surface area is 155 Å². The summed E-state index contributed by atoms with van der Waals surface area (Å²) in [6, 6.07) is 0.417. The monoisotopic (exact) mass is 406 g/mol. The van der Waals surface area contributed by atoms with Crippen molar-refractivity contribution in [2.45, 2.75) is 50.2 Å². The van der Waals surface area contributed by atoms with Crippen LogP contribution in [-0.2, 0) is 21.3 Å². The summed E-state index contributed by atoms with van der Waals surface area (Å²) < 4.78 is 71.1. The average Bonchev–Trinajstić information content (AvgIpc) is 2.81. The van der Waals surface area contributed by atoms with Gasteiger partial charge >= 0.3 is 0 Å². The number of piperidine rings is 1. The van der Waals surface area contributed by atoms with Crippen molar-refractivity contribution in [2.75, 3.05) is 5.75 Å². The SMILES string of the molecule is N[C@H](Cc1cc(F)c(F)cc1F)C1C[C@H]2CC[C@@H](C1)N2C(=O)CS(=O)(=O)O. The summed E-state index contributed by atoms with van der Waals surface area (Å²) >= 11 is 0. The second-order valence-electron chi connectivity index (χ2n) is 7.37. The summed E-state index contributed by atoms with van der Waals surface area (Å²) in [5.41, 5.74) is 6.19. The minimum atomic E-state index is -4.40. The van der Waals surface area contributed by atoms with Crippen molar-refractivity contribution in [3.8, 4) is 0 Å². The molecule has 0 aromatic heterocycles. The van der Waals surface area contributed by atoms with E-state index in [9.17, 15) is 26.4 Å². The predicted molar refractivity (Wildman–Crippen MR) is 90.8 cm³/mol. The molecular formula is C17H21F3N2O4S. The molecule has 0 radical (unpaired) electrons. The summed E-state index contributed by atoms with van der Waals surface area (Å²) in [5, 5.41) is 0. The summed E-state index contributed by atoms with van der Waals surface area (Å²) in [5.74, 6) is -4.89. The van der Waals surface area contributed by atoms with Crippen molar-refractivity contribution in [1.82, 2.24) is 4.90 Å². The van der Waals surface area contributed by atoms with Crippen LogP contribution in [0.15, 0.2) is 12.1 Å². The molecule has 2 bridgehead atoms. The van der Waals surface area contributed by atoms with Gasteiger partial charge in [0.1, 0.15) is 5.82 Å². The van der Waals surface area contributed by atoms with E-state index in [1.54, 1.807) is 0 Å². The minimum Gasteiger partial charge on any atom is -0.336 e. The van der Waals surface area contributed by atoms with E-state index in [0.29, 0.717) is 31.7 Å². The lowest BCUT2D eigenvalue weighted by molar-refractivity contribution is -0.133. The van der Waals surface area contributed by atoms with Crippen molar-refractivity contribution in [2.24, 2.45) is 11.7 Å². The molecule has 0 aliphatic carbocycles. The van der Waals surface area contributed by atoms with Gasteiger partial charge in [-0.15, -0.1) is 0 Å². The first-order chi connectivity index (χ1) is 12.5. The Hall–Kier alpha value is -1.65. The molecule has 2 heterocycles. The Bertz CT molecular complexity index is 835. The molecule has 4 atom stereocenters. The number of hydrogen-bond donors (Lipinski definition) is 2. The Morgan fingerprint density at radius 2 is 1.70 bits per heavy atom. The highest BCUT2D eigenvalue weighted by molar-refractivity contribution is 7.86. The lowest BCUT2D eigenvalue weighted by atomic mass is 9.82. The van der Waals surface area contributed by atoms with Crippen LogP contribution < -0.4 is 5.73 Å². The van der Waals surface area contributed by atoms with Crippen molar-refractivity contribution < 1.29 is 30.9 Å². The van der Waals surface area contributed by atoms with Crippen LogP contribution in [0.25, 0.3) is 0 Å². The van der Waals surface area contributed by atoms with Gasteiger partial charge in [0.2, 0.25) is 5.91 Å². The van der Waals surface area contributed by atoms with Gasteiger partial charge in [-0.25, -0.2) is 13.2 Å². The van der Waals surface area contributed by atoms with E-state index in [1.807, 2.05) is 0 Å². The zero-order valence-electron chi connectivity index (χ0n) is 14.4. The maximum atomic E-state index is 13.9. The van der Waals surface area contributed by atoms with Gasteiger partial charge in [-0.2, -0.15) is 8.42 Å². The largest absolute Gasteiger partial charge is 0.336 e. The van der Waals surface area contributed by atoms with Crippen LogP contribution in [0, 0.1) is 23.4 Å². The van der Waals surface area contributed by atoms with E-state index < -0.39 is 45.3 Å². The summed E-state index contributed by atoms with van der Waals surface area (Å²) in [6.45, 7) is 0. The molecule has 0 saturated carbocycles. The van der Waals surface area contributed by atoms with Gasteiger partial charge in [0.25, 0.3) is 10.1 Å². The van der Waals surface area contributed by atoms with Crippen LogP contribution in [0.1, 0.15) is 31.2 Å². The van der Waals surface area contributed by atoms with Gasteiger partial charge in [0.15, 0.2) is 17.4 Å². The van der Waals surface area contributed by atoms with Crippen molar-refractivity contribution in [3.05, 3.63) is 35.1 Å². The number of halogens is 3. The lowest BCUT2D eigenvalue weighted by Crippen LogP contribution is -2.51. The maximum Gasteiger partial charge on any atom is 0.274 e. The number of amides is 1. The highest BCUT2D eigenvalue weighted by Crippen LogP contribution is 2.40. The van der Waals surface area contributed by atoms with E-state index in [2.05, 4.69) is 0 Å². The minimum absolute atomic E-state index is 0.00127. The first-order valence-electron chi connectivity index (χ1n) is 8.70. The van der Waals surface area contributed by atoms with E-state index in [0.717, 1.165) is 6.07 Å². The molecule has 0 spiro atoms. The molecule has 10 heteroatoms. The van der Waals surface area contributed by atoms with E-state index >= 15 is 0 Å². The number of nitrogens with two attached hydrogens (primary N) is 1. The number of hydrogen-bond acceptors (Lipinski definition) is 4. The molecule has 3 N–H and O–H groups in total. The molecule has 1 aromatic rings. The van der Waals surface area contributed by atoms with Gasteiger partial charge in [0.05, 0.1) is 0 Å². The van der Waals surface area contributed by atoms with E-state index in [-0.39, 0.29) is 30.0 Å². The molecule has 6 nitrogen and oxygen atoms in total. The van der Waals surface area contributed by atoms with Crippen LogP contribution in [0.3, 0.4) is 0 Å². The van der Waals surface area contributed by atoms with E-state index in [1.165, 1.54) is 4.90 Å². The maximum absolute atomic E-state index is 13.9. The second kappa shape index (κ2) is 7.40. The molecular weight excluding hydrogens is 385 g/mol. The zero-order chi connectivity index (χ0) is 19.9. The number of carbonyl (C=O) groups is 1. The molecule has 150 valence electrons. The molecule has 1 amide bonds. The van der Waals surface area contributed by atoms with Gasteiger partial charge < -0.3 is 10.6 Å². The number of fused-ring (bicyclic) bond motifs is 2. The van der Waals surface area contributed by atoms with Crippen LogP contribution in [0.5, 0.6) is 0 Å². The fraction of sp³-hybridized carbons (Fsp3) is 0.588. The predicted octanol–water partition coefficient (Wildman–Crippen LogP) is 1.63. The topological polar surface area (TPSA) is 101 Å². The Kier molecular flexibility index (Phi) is 5.51. The lowest BCUT2D eigenvalue weighted by Gasteiger charge is -2.41. The summed E-state index contributed by atoms with van der Waals surface area (Å²) in [4.78, 5) is 13.7. The standard InChI is InChI=1S/C17H21F3N2O4S/c18-13-7-15(20)14(19)5-9(13)6-16(21)10-3-11-1-2-12(4-10)22(11)17(23)8-27(24,25)26/h5,7,10-12,16H,1-4,6,8,21H2,(H,24,25,26)/t10?,11-,12+,16-/m1/s1. The number of carbonyl (C=O) groups excluding carboxylic acids is 1. The fourth-order valence-electron chi connectivity index (χ4n) is 4.35. The van der Waals surface area contributed by atoms with Crippen molar-refractivity contribution in [1.29, 1.82) is 0 Å². The van der Waals surface area contributed by atoms with E-state index in [4.69, 9.17) is 10.3 Å². The molecule has 2 aliphatic heterocycles. The molecule has 1 aromatic carbocycles. The van der Waals surface area contributed by atoms with Gasteiger partial charge in [0, 0.05) is 24.2 Å². The Morgan fingerprint density at radius 1 is 1.15 bits per heavy atom. The van der Waals surface area contributed by atoms with Crippen LogP contribution in [-0.4, -0.2) is 47.7 Å². The quantitative estimate of drug-likeness (QED) is 0.572. The third-order valence-corrected chi connectivity index (χ3v) is 6.13. The molecule has 27 heavy (non-hydrogen) atoms.